The van der Waals surface area contributed by atoms with Gasteiger partial charge >= 0.3 is 31.1 Å². The number of nitriles is 1. The summed E-state index contributed by atoms with van der Waals surface area (Å²) in [7, 11) is 1.85. The molecule has 0 bridgehead atoms. The van der Waals surface area contributed by atoms with E-state index in [-0.39, 0.29) is 66.5 Å². The molecule has 2 heterocycles. The predicted octanol–water partition coefficient (Wildman–Crippen LogP) is 11.0. The smallest absolute Gasteiger partial charge is 0.492 e. The Balaban J connectivity index is -0.000000860. The van der Waals surface area contributed by atoms with Crippen LogP contribution in [0.15, 0.2) is 71.7 Å². The number of ketones is 1. The molecule has 358 valence electrons. The van der Waals surface area contributed by atoms with Gasteiger partial charge in [0.1, 0.15) is 23.6 Å². The Labute approximate surface area is 423 Å². The molecule has 0 aliphatic carbocycles. The average Bonchev–Trinajstić information content (AvgIpc) is 3.65. The number of aryl methyl sites for hydroxylation is 2. The number of hydrogen-bond donors (Lipinski definition) is 2. The van der Waals surface area contributed by atoms with Gasteiger partial charge in [0, 0.05) is 24.9 Å². The van der Waals surface area contributed by atoms with E-state index >= 15 is 0 Å². The second kappa shape index (κ2) is 37.2. The standard InChI is InChI=1S/C23H28NO.C15H16N2O3.C7H13N2.C4H8O.2C2H6.C2H2.U/c1-6-18-14-21(23(4,5)20-10-8-7-9-11-20)15-19(16-24)22(18)25-13-12-17(2)3;1-2-9-3-4-11-10(7-9)8-17(15(11)20)12-5-6-13(18)16-14(12)19;1-4-5-7(2)9-6-8-3;1-3-4(2)5;3*1-2;/h8-11,14-15,17H,6,12-13H2,1-5H3;3-4,7,12H,2,5-6,8H2,1H3,(H,16,18,19);4-5,8H,2,6H2,1,3H3;3H2,1-2H3;2*1-2H3;1-2H;/q-1;;-1;;;;;+2/b;;5-4-,9-7-;;;;;. The van der Waals surface area contributed by atoms with Crippen molar-refractivity contribution in [1.29, 1.82) is 5.26 Å². The molecule has 0 saturated carbocycles. The maximum absolute atomic E-state index is 12.4. The molecule has 0 aromatic heterocycles. The minimum Gasteiger partial charge on any atom is -0.492 e. The molecule has 0 spiro atoms. The number of nitrogens with zero attached hydrogens (tertiary/aromatic N) is 3. The van der Waals surface area contributed by atoms with E-state index in [0.29, 0.717) is 49.7 Å². The van der Waals surface area contributed by atoms with Crippen molar-refractivity contribution < 1.29 is 55.0 Å². The van der Waals surface area contributed by atoms with Crippen LogP contribution in [0.4, 0.5) is 0 Å². The number of Topliss-reactive ketones (excluding diaryl/α,β-unsaturated/α-hetero) is 1. The average molecular weight is 1130 g/mol. The van der Waals surface area contributed by atoms with Gasteiger partial charge in [0.15, 0.2) is 0 Å². The SMILES string of the molecule is C#C.CC.CC.CCC(C)=O.CCc1cc(C(C)(C)c2cc[c-]cc2)cc(C#N)c1OCCC(C)C.CCc1ccc2c(c1)CN(C1CCC(=O)NC1=O)C2=O.[CH2-]C(/C=C\C)=N/CNC.[U+2]. The maximum atomic E-state index is 12.4. The van der Waals surface area contributed by atoms with Crippen LogP contribution < -0.4 is 15.4 Å². The van der Waals surface area contributed by atoms with Crippen molar-refractivity contribution in [3.63, 3.8) is 0 Å². The van der Waals surface area contributed by atoms with E-state index in [4.69, 9.17) is 4.74 Å². The Kier molecular flexibility index (Phi) is 36.8. The first-order valence-corrected chi connectivity index (χ1v) is 23.0. The normalized spacial score (nSPS) is 13.5. The van der Waals surface area contributed by atoms with Gasteiger partial charge in [0.2, 0.25) is 11.8 Å². The zero-order valence-electron chi connectivity index (χ0n) is 42.6. The van der Waals surface area contributed by atoms with Crippen LogP contribution in [0, 0.1) is 74.2 Å². The molecule has 1 unspecified atom stereocenters. The van der Waals surface area contributed by atoms with Crippen LogP contribution in [-0.2, 0) is 39.2 Å². The number of aliphatic imine (C=N–C) groups is 1. The number of imide groups is 1. The summed E-state index contributed by atoms with van der Waals surface area (Å²) in [5.74, 6) is 0.860. The summed E-state index contributed by atoms with van der Waals surface area (Å²) in [4.78, 5) is 50.9. The quantitative estimate of drug-likeness (QED) is 0.0751. The zero-order valence-corrected chi connectivity index (χ0v) is 46.8. The number of nitrogens with one attached hydrogen (secondary N) is 2. The second-order valence-corrected chi connectivity index (χ2v) is 15.4. The number of fused-ring (bicyclic) bond motifs is 1. The molecule has 3 amide bonds. The summed E-state index contributed by atoms with van der Waals surface area (Å²) in [6.45, 7) is 31.7. The number of carbonyl (C=O) groups excluding carboxylic acids is 4. The van der Waals surface area contributed by atoms with Crippen LogP contribution >= 0.6 is 0 Å². The van der Waals surface area contributed by atoms with Crippen molar-refractivity contribution >= 4 is 29.2 Å². The Bertz CT molecular complexity index is 2010. The molecular formula is C55H79N5O5U. The molecule has 5 rings (SSSR count). The number of amides is 3. The van der Waals surface area contributed by atoms with Gasteiger partial charge in [-0.3, -0.25) is 19.7 Å². The fourth-order valence-electron chi connectivity index (χ4n) is 6.21. The molecule has 10 nitrogen and oxygen atoms in total. The van der Waals surface area contributed by atoms with Crippen LogP contribution in [0.2, 0.25) is 0 Å². The minimum absolute atomic E-state index is 0. The number of rotatable bonds is 13. The predicted molar refractivity (Wildman–Crippen MR) is 270 cm³/mol. The maximum Gasteiger partial charge on any atom is 2.00 e. The summed E-state index contributed by atoms with van der Waals surface area (Å²) < 4.78 is 6.01. The number of ether oxygens (including phenoxy) is 1. The van der Waals surface area contributed by atoms with Crippen LogP contribution in [0.1, 0.15) is 159 Å². The number of carbonyl (C=O) groups is 4. The fraction of sp³-hybridized carbons (Fsp3) is 0.473. The molecule has 0 radical (unpaired) electrons. The number of benzene rings is 3. The molecule has 1 fully saturated rings. The molecule has 11 heteroatoms. The number of terminal acetylenes is 1. The van der Waals surface area contributed by atoms with Gasteiger partial charge in [-0.2, -0.15) is 47.7 Å². The van der Waals surface area contributed by atoms with Crippen LogP contribution in [0.25, 0.3) is 0 Å². The van der Waals surface area contributed by atoms with E-state index < -0.39 is 6.04 Å². The fourth-order valence-corrected chi connectivity index (χ4v) is 6.21. The summed E-state index contributed by atoms with van der Waals surface area (Å²) in [6, 6.07) is 22.9. The van der Waals surface area contributed by atoms with E-state index in [1.165, 1.54) is 11.1 Å². The molecule has 3 aromatic rings. The van der Waals surface area contributed by atoms with Crippen LogP contribution in [0.3, 0.4) is 0 Å². The van der Waals surface area contributed by atoms with Gasteiger partial charge in [0.25, 0.3) is 5.91 Å². The molecule has 2 aliphatic rings. The summed E-state index contributed by atoms with van der Waals surface area (Å²) in [6.07, 6.45) is 15.9. The van der Waals surface area contributed by atoms with E-state index in [1.54, 1.807) is 11.8 Å². The first kappa shape index (κ1) is 65.4. The van der Waals surface area contributed by atoms with Crippen LogP contribution in [-0.4, -0.2) is 60.5 Å². The number of hydrogen-bond acceptors (Lipinski definition) is 8. The summed E-state index contributed by atoms with van der Waals surface area (Å²) in [5, 5.41) is 14.9. The molecular weight excluding hydrogens is 1050 g/mol. The topological polar surface area (TPSA) is 141 Å². The first-order valence-electron chi connectivity index (χ1n) is 23.0. The first-order chi connectivity index (χ1) is 31.1. The van der Waals surface area contributed by atoms with Gasteiger partial charge in [0.05, 0.1) is 18.8 Å². The van der Waals surface area contributed by atoms with Crippen molar-refractivity contribution in [2.75, 3.05) is 20.3 Å². The molecule has 3 aromatic carbocycles. The van der Waals surface area contributed by atoms with Gasteiger partial charge in [-0.25, -0.2) is 6.92 Å². The Morgan fingerprint density at radius 2 is 1.65 bits per heavy atom. The van der Waals surface area contributed by atoms with E-state index in [0.717, 1.165) is 47.4 Å². The van der Waals surface area contributed by atoms with Gasteiger partial charge in [-0.15, -0.1) is 24.1 Å². The number of piperidine rings is 1. The molecule has 1 atom stereocenters. The minimum atomic E-state index is -0.530. The largest absolute Gasteiger partial charge is 2.00 e. The van der Waals surface area contributed by atoms with Gasteiger partial charge in [-0.1, -0.05) is 101 Å². The number of allylic oxidation sites excluding steroid dienone is 2. The summed E-state index contributed by atoms with van der Waals surface area (Å²) in [5.41, 5.74) is 7.55. The monoisotopic (exact) mass is 1130 g/mol. The van der Waals surface area contributed by atoms with Crippen molar-refractivity contribution in [2.45, 2.75) is 147 Å². The third kappa shape index (κ3) is 22.5. The van der Waals surface area contributed by atoms with E-state index in [2.05, 4.69) is 107 Å². The second-order valence-electron chi connectivity index (χ2n) is 15.4. The Morgan fingerprint density at radius 1 is 1.05 bits per heavy atom. The molecule has 2 N–H and O–H groups in total. The van der Waals surface area contributed by atoms with Crippen molar-refractivity contribution in [3.05, 3.63) is 119 Å². The van der Waals surface area contributed by atoms with Crippen molar-refractivity contribution in [3.8, 4) is 24.7 Å². The third-order valence-corrected chi connectivity index (χ3v) is 10.1. The molecule has 1 saturated heterocycles. The van der Waals surface area contributed by atoms with Gasteiger partial charge in [-0.05, 0) is 85.4 Å². The van der Waals surface area contributed by atoms with E-state index in [9.17, 15) is 24.4 Å². The molecule has 66 heavy (non-hydrogen) atoms. The van der Waals surface area contributed by atoms with Crippen molar-refractivity contribution in [2.24, 2.45) is 10.9 Å². The Hall–Kier alpha value is -4.92. The van der Waals surface area contributed by atoms with E-state index in [1.807, 2.05) is 97.1 Å². The van der Waals surface area contributed by atoms with Crippen LogP contribution in [0.5, 0.6) is 5.75 Å². The molecule has 2 aliphatic heterocycles. The summed E-state index contributed by atoms with van der Waals surface area (Å²) >= 11 is 0. The Morgan fingerprint density at radius 3 is 2.14 bits per heavy atom. The van der Waals surface area contributed by atoms with Gasteiger partial charge < -0.3 is 24.7 Å². The van der Waals surface area contributed by atoms with Crippen molar-refractivity contribution in [1.82, 2.24) is 15.5 Å². The zero-order chi connectivity index (χ0) is 50.1. The third-order valence-electron chi connectivity index (χ3n) is 10.1.